The molecule has 1 heterocycles. The molecule has 0 aliphatic heterocycles. The van der Waals surface area contributed by atoms with Crippen molar-refractivity contribution >= 4 is 5.91 Å². The van der Waals surface area contributed by atoms with Gasteiger partial charge in [-0.3, -0.25) is 9.89 Å². The molecule has 1 aromatic carbocycles. The van der Waals surface area contributed by atoms with Crippen LogP contribution in [0.4, 0.5) is 0 Å². The molecule has 106 valence electrons. The molecule has 0 aliphatic carbocycles. The van der Waals surface area contributed by atoms with Crippen molar-refractivity contribution in [2.24, 2.45) is 0 Å². The summed E-state index contributed by atoms with van der Waals surface area (Å²) >= 11 is 0. The van der Waals surface area contributed by atoms with Crippen molar-refractivity contribution in [2.45, 2.75) is 39.7 Å². The fraction of sp³-hybridized carbons (Fsp3) is 0.400. The van der Waals surface area contributed by atoms with E-state index in [0.29, 0.717) is 0 Å². The largest absolute Gasteiger partial charge is 0.346 e. The standard InChI is InChI=1S/C15H20N4O/c1-4-13-17-14(19-18-13)15(20)16-11(3)9-12-8-6-5-7-10(12)2/h5-8,11H,4,9H2,1-3H3,(H,16,20)(H,17,18,19). The van der Waals surface area contributed by atoms with Crippen LogP contribution in [0.3, 0.4) is 0 Å². The quantitative estimate of drug-likeness (QED) is 0.875. The van der Waals surface area contributed by atoms with E-state index < -0.39 is 0 Å². The average molecular weight is 272 g/mol. The summed E-state index contributed by atoms with van der Waals surface area (Å²) in [4.78, 5) is 16.1. The minimum atomic E-state index is -0.234. The highest BCUT2D eigenvalue weighted by Crippen LogP contribution is 2.09. The van der Waals surface area contributed by atoms with E-state index in [1.807, 2.05) is 26.0 Å². The third-order valence-electron chi connectivity index (χ3n) is 3.23. The highest BCUT2D eigenvalue weighted by atomic mass is 16.2. The number of aryl methyl sites for hydroxylation is 2. The Labute approximate surface area is 118 Å². The Balaban J connectivity index is 1.96. The van der Waals surface area contributed by atoms with Crippen molar-refractivity contribution in [2.75, 3.05) is 0 Å². The molecule has 0 saturated carbocycles. The first-order valence-corrected chi connectivity index (χ1v) is 6.86. The number of benzene rings is 1. The number of carbonyl (C=O) groups is 1. The zero-order valence-corrected chi connectivity index (χ0v) is 12.1. The summed E-state index contributed by atoms with van der Waals surface area (Å²) < 4.78 is 0. The second-order valence-corrected chi connectivity index (χ2v) is 4.96. The minimum Gasteiger partial charge on any atom is -0.346 e. The fourth-order valence-electron chi connectivity index (χ4n) is 2.06. The molecular formula is C15H20N4O. The van der Waals surface area contributed by atoms with Crippen LogP contribution >= 0.6 is 0 Å². The van der Waals surface area contributed by atoms with Gasteiger partial charge in [-0.05, 0) is 31.4 Å². The number of nitrogens with zero attached hydrogens (tertiary/aromatic N) is 2. The Morgan fingerprint density at radius 1 is 1.40 bits per heavy atom. The van der Waals surface area contributed by atoms with Crippen LogP contribution in [0, 0.1) is 6.92 Å². The molecule has 2 N–H and O–H groups in total. The lowest BCUT2D eigenvalue weighted by Crippen LogP contribution is -2.34. The Bertz CT molecular complexity index is 591. The molecule has 2 rings (SSSR count). The van der Waals surface area contributed by atoms with Gasteiger partial charge in [0.1, 0.15) is 5.82 Å². The molecule has 0 saturated heterocycles. The van der Waals surface area contributed by atoms with Crippen molar-refractivity contribution < 1.29 is 4.79 Å². The monoisotopic (exact) mass is 272 g/mol. The van der Waals surface area contributed by atoms with E-state index in [1.165, 1.54) is 11.1 Å². The maximum absolute atomic E-state index is 12.0. The topological polar surface area (TPSA) is 70.7 Å². The summed E-state index contributed by atoms with van der Waals surface area (Å²) in [5, 5.41) is 9.59. The van der Waals surface area contributed by atoms with E-state index in [0.717, 1.165) is 18.7 Å². The number of amides is 1. The molecular weight excluding hydrogens is 252 g/mol. The third kappa shape index (κ3) is 3.44. The van der Waals surface area contributed by atoms with E-state index in [1.54, 1.807) is 0 Å². The lowest BCUT2D eigenvalue weighted by Gasteiger charge is -2.14. The molecule has 20 heavy (non-hydrogen) atoms. The Morgan fingerprint density at radius 3 is 2.80 bits per heavy atom. The number of aromatic nitrogens is 3. The van der Waals surface area contributed by atoms with E-state index in [2.05, 4.69) is 39.6 Å². The Kier molecular flexibility index (Phi) is 4.50. The first-order valence-electron chi connectivity index (χ1n) is 6.86. The first kappa shape index (κ1) is 14.2. The number of rotatable bonds is 5. The average Bonchev–Trinajstić information content (AvgIpc) is 2.90. The third-order valence-corrected chi connectivity index (χ3v) is 3.23. The molecule has 2 aromatic rings. The number of H-pyrrole nitrogens is 1. The van der Waals surface area contributed by atoms with Crippen molar-refractivity contribution in [3.8, 4) is 0 Å². The summed E-state index contributed by atoms with van der Waals surface area (Å²) in [5.74, 6) is 0.697. The maximum atomic E-state index is 12.0. The predicted octanol–water partition coefficient (Wildman–Crippen LogP) is 2.04. The van der Waals surface area contributed by atoms with Crippen LogP contribution in [0.1, 0.15) is 41.4 Å². The molecule has 5 nitrogen and oxygen atoms in total. The van der Waals surface area contributed by atoms with Gasteiger partial charge in [-0.1, -0.05) is 31.2 Å². The van der Waals surface area contributed by atoms with Crippen LogP contribution in [0.25, 0.3) is 0 Å². The summed E-state index contributed by atoms with van der Waals surface area (Å²) in [5.41, 5.74) is 2.48. The molecule has 5 heteroatoms. The van der Waals surface area contributed by atoms with Crippen molar-refractivity contribution in [3.05, 3.63) is 47.0 Å². The van der Waals surface area contributed by atoms with Gasteiger partial charge in [0.05, 0.1) is 0 Å². The molecule has 1 amide bonds. The van der Waals surface area contributed by atoms with Crippen LogP contribution in [0.2, 0.25) is 0 Å². The minimum absolute atomic E-state index is 0.0344. The second-order valence-electron chi connectivity index (χ2n) is 4.96. The van der Waals surface area contributed by atoms with Gasteiger partial charge in [0, 0.05) is 12.5 Å². The molecule has 0 radical (unpaired) electrons. The number of carbonyl (C=O) groups excluding carboxylic acids is 1. The lowest BCUT2D eigenvalue weighted by atomic mass is 10.0. The zero-order chi connectivity index (χ0) is 14.5. The SMILES string of the molecule is CCc1nc(C(=O)NC(C)Cc2ccccc2C)n[nH]1. The van der Waals surface area contributed by atoms with Gasteiger partial charge in [-0.2, -0.15) is 0 Å². The van der Waals surface area contributed by atoms with Crippen LogP contribution in [0.15, 0.2) is 24.3 Å². The Hall–Kier alpha value is -2.17. The summed E-state index contributed by atoms with van der Waals surface area (Å²) in [6.07, 6.45) is 1.53. The van der Waals surface area contributed by atoms with Crippen LogP contribution in [-0.4, -0.2) is 27.1 Å². The van der Waals surface area contributed by atoms with E-state index in [4.69, 9.17) is 0 Å². The first-order chi connectivity index (χ1) is 9.60. The zero-order valence-electron chi connectivity index (χ0n) is 12.1. The van der Waals surface area contributed by atoms with Gasteiger partial charge in [-0.15, -0.1) is 5.10 Å². The lowest BCUT2D eigenvalue weighted by molar-refractivity contribution is 0.0930. The van der Waals surface area contributed by atoms with Crippen LogP contribution in [-0.2, 0) is 12.8 Å². The van der Waals surface area contributed by atoms with Gasteiger partial charge < -0.3 is 5.32 Å². The highest BCUT2D eigenvalue weighted by molar-refractivity contribution is 5.90. The van der Waals surface area contributed by atoms with Gasteiger partial charge in [-0.25, -0.2) is 4.98 Å². The van der Waals surface area contributed by atoms with Crippen LogP contribution in [0.5, 0.6) is 0 Å². The molecule has 0 spiro atoms. The Morgan fingerprint density at radius 2 is 2.15 bits per heavy atom. The normalized spacial score (nSPS) is 12.2. The van der Waals surface area contributed by atoms with Crippen molar-refractivity contribution in [1.82, 2.24) is 20.5 Å². The van der Waals surface area contributed by atoms with Gasteiger partial charge in [0.15, 0.2) is 0 Å². The van der Waals surface area contributed by atoms with Gasteiger partial charge in [0.25, 0.3) is 5.91 Å². The number of hydrogen-bond donors (Lipinski definition) is 2. The molecule has 1 unspecified atom stereocenters. The molecule has 1 atom stereocenters. The van der Waals surface area contributed by atoms with Crippen molar-refractivity contribution in [3.63, 3.8) is 0 Å². The molecule has 0 bridgehead atoms. The summed E-state index contributed by atoms with van der Waals surface area (Å²) in [7, 11) is 0. The van der Waals surface area contributed by atoms with E-state index in [9.17, 15) is 4.79 Å². The smallest absolute Gasteiger partial charge is 0.291 e. The van der Waals surface area contributed by atoms with E-state index >= 15 is 0 Å². The number of aromatic amines is 1. The van der Waals surface area contributed by atoms with Gasteiger partial charge in [0.2, 0.25) is 5.82 Å². The van der Waals surface area contributed by atoms with E-state index in [-0.39, 0.29) is 17.8 Å². The molecule has 0 aliphatic rings. The maximum Gasteiger partial charge on any atom is 0.291 e. The van der Waals surface area contributed by atoms with Crippen LogP contribution < -0.4 is 5.32 Å². The highest BCUT2D eigenvalue weighted by Gasteiger charge is 2.15. The summed E-state index contributed by atoms with van der Waals surface area (Å²) in [6.45, 7) is 6.02. The second kappa shape index (κ2) is 6.32. The molecule has 0 fully saturated rings. The predicted molar refractivity (Wildman–Crippen MR) is 77.6 cm³/mol. The van der Waals surface area contributed by atoms with Crippen molar-refractivity contribution in [1.29, 1.82) is 0 Å². The molecule has 1 aromatic heterocycles. The van der Waals surface area contributed by atoms with Gasteiger partial charge >= 0.3 is 0 Å². The summed E-state index contributed by atoms with van der Waals surface area (Å²) in [6, 6.07) is 8.22. The number of hydrogen-bond acceptors (Lipinski definition) is 3. The number of nitrogens with one attached hydrogen (secondary N) is 2. The fourth-order valence-corrected chi connectivity index (χ4v) is 2.06.